The summed E-state index contributed by atoms with van der Waals surface area (Å²) in [4.78, 5) is 19.7. The average Bonchev–Trinajstić information content (AvgIpc) is 2.48. The van der Waals surface area contributed by atoms with Crippen molar-refractivity contribution in [1.82, 2.24) is 10.2 Å². The van der Waals surface area contributed by atoms with Gasteiger partial charge in [0.15, 0.2) is 0 Å². The Bertz CT molecular complexity index is 332. The van der Waals surface area contributed by atoms with Gasteiger partial charge < -0.3 is 15.2 Å². The Morgan fingerprint density at radius 2 is 2.46 bits per heavy atom. The second-order valence-corrected chi connectivity index (χ2v) is 2.40. The van der Waals surface area contributed by atoms with E-state index in [1.165, 1.54) is 6.07 Å². The average molecular weight is 185 g/mol. The van der Waals surface area contributed by atoms with Crippen molar-refractivity contribution in [3.05, 3.63) is 21.9 Å². The number of carbonyl (C=O) groups is 1. The van der Waals surface area contributed by atoms with Crippen LogP contribution in [0.5, 0.6) is 0 Å². The van der Waals surface area contributed by atoms with Crippen LogP contribution < -0.4 is 0 Å². The largest absolute Gasteiger partial charge is 0.481 e. The number of aryl methyl sites for hydroxylation is 1. The van der Waals surface area contributed by atoms with Crippen molar-refractivity contribution in [3.63, 3.8) is 0 Å². The summed E-state index contributed by atoms with van der Waals surface area (Å²) in [7, 11) is 0. The molecule has 1 aromatic rings. The van der Waals surface area contributed by atoms with Crippen molar-refractivity contribution < 1.29 is 14.8 Å². The molecule has 0 aliphatic carbocycles. The third-order valence-electron chi connectivity index (χ3n) is 1.41. The van der Waals surface area contributed by atoms with E-state index in [0.29, 0.717) is 5.69 Å². The number of carboxylic acid groups (broad SMARTS) is 1. The summed E-state index contributed by atoms with van der Waals surface area (Å²) in [6.07, 6.45) is 0.113. The minimum Gasteiger partial charge on any atom is -0.481 e. The third kappa shape index (κ3) is 2.55. The summed E-state index contributed by atoms with van der Waals surface area (Å²) in [5.74, 6) is -1.17. The maximum Gasteiger partial charge on any atom is 0.342 e. The first-order chi connectivity index (χ1) is 6.09. The molecule has 0 atom stereocenters. The Balaban J connectivity index is 2.59. The van der Waals surface area contributed by atoms with E-state index in [-0.39, 0.29) is 18.7 Å². The number of aromatic nitrogens is 2. The van der Waals surface area contributed by atoms with Gasteiger partial charge in [-0.3, -0.25) is 4.79 Å². The summed E-state index contributed by atoms with van der Waals surface area (Å²) < 4.78 is 0. The molecule has 1 aromatic heterocycles. The molecule has 0 unspecified atom stereocenters. The van der Waals surface area contributed by atoms with Crippen LogP contribution in [0.1, 0.15) is 12.1 Å². The van der Waals surface area contributed by atoms with Gasteiger partial charge in [0.2, 0.25) is 0 Å². The van der Waals surface area contributed by atoms with Crippen LogP contribution in [-0.4, -0.2) is 26.2 Å². The zero-order chi connectivity index (χ0) is 9.84. The number of aliphatic carboxylic acids is 1. The van der Waals surface area contributed by atoms with Gasteiger partial charge in [0.05, 0.1) is 18.2 Å². The molecule has 0 bridgehead atoms. The number of H-pyrrole nitrogens is 1. The van der Waals surface area contributed by atoms with Crippen LogP contribution in [-0.2, 0) is 11.2 Å². The molecule has 0 saturated carbocycles. The monoisotopic (exact) mass is 185 g/mol. The summed E-state index contributed by atoms with van der Waals surface area (Å²) in [6, 6.07) is 1.23. The standard InChI is InChI=1S/C6H7N3O4/c10-6(11)2-1-4-3-5(8-7-4)9(12)13/h3H,1-2H2,(H,7,8)(H,10,11). The summed E-state index contributed by atoms with van der Waals surface area (Å²) in [5, 5.41) is 24.3. The van der Waals surface area contributed by atoms with E-state index in [0.717, 1.165) is 0 Å². The van der Waals surface area contributed by atoms with Crippen LogP contribution in [0.15, 0.2) is 6.07 Å². The highest BCUT2D eigenvalue weighted by atomic mass is 16.6. The molecular weight excluding hydrogens is 178 g/mol. The summed E-state index contributed by atoms with van der Waals surface area (Å²) in [6.45, 7) is 0. The summed E-state index contributed by atoms with van der Waals surface area (Å²) >= 11 is 0. The smallest absolute Gasteiger partial charge is 0.342 e. The highest BCUT2D eigenvalue weighted by Crippen LogP contribution is 2.09. The first-order valence-corrected chi connectivity index (χ1v) is 3.50. The first kappa shape index (κ1) is 9.17. The van der Waals surface area contributed by atoms with E-state index in [4.69, 9.17) is 5.11 Å². The maximum atomic E-state index is 10.2. The van der Waals surface area contributed by atoms with E-state index >= 15 is 0 Å². The Labute approximate surface area is 72.5 Å². The van der Waals surface area contributed by atoms with Crippen LogP contribution in [0.3, 0.4) is 0 Å². The van der Waals surface area contributed by atoms with Gasteiger partial charge in [-0.05, 0) is 4.92 Å². The lowest BCUT2D eigenvalue weighted by Gasteiger charge is -1.87. The van der Waals surface area contributed by atoms with Gasteiger partial charge in [0, 0.05) is 6.42 Å². The topological polar surface area (TPSA) is 109 Å². The molecular formula is C6H7N3O4. The predicted molar refractivity (Wildman–Crippen MR) is 41.2 cm³/mol. The fourth-order valence-electron chi connectivity index (χ4n) is 0.808. The predicted octanol–water partition coefficient (Wildman–Crippen LogP) is 0.335. The number of nitrogens with one attached hydrogen (secondary N) is 1. The molecule has 70 valence electrons. The second kappa shape index (κ2) is 3.65. The van der Waals surface area contributed by atoms with Crippen LogP contribution in [0.25, 0.3) is 0 Å². The molecule has 0 amide bonds. The van der Waals surface area contributed by atoms with E-state index in [1.807, 2.05) is 0 Å². The molecule has 0 spiro atoms. The summed E-state index contributed by atoms with van der Waals surface area (Å²) in [5.41, 5.74) is 0.383. The molecule has 0 fully saturated rings. The highest BCUT2D eigenvalue weighted by molar-refractivity contribution is 5.66. The van der Waals surface area contributed by atoms with Crippen LogP contribution in [0.2, 0.25) is 0 Å². The first-order valence-electron chi connectivity index (χ1n) is 3.50. The normalized spacial score (nSPS) is 9.85. The molecule has 7 heteroatoms. The SMILES string of the molecule is O=C(O)CCc1cc([N+](=O)[O-])[nH]n1. The van der Waals surface area contributed by atoms with Crippen molar-refractivity contribution in [1.29, 1.82) is 0 Å². The van der Waals surface area contributed by atoms with Gasteiger partial charge in [-0.25, -0.2) is 0 Å². The van der Waals surface area contributed by atoms with Crippen molar-refractivity contribution in [2.45, 2.75) is 12.8 Å². The molecule has 13 heavy (non-hydrogen) atoms. The second-order valence-electron chi connectivity index (χ2n) is 2.40. The third-order valence-corrected chi connectivity index (χ3v) is 1.41. The molecule has 0 radical (unpaired) electrons. The fourth-order valence-corrected chi connectivity index (χ4v) is 0.808. The van der Waals surface area contributed by atoms with Gasteiger partial charge in [0.1, 0.15) is 0 Å². The van der Waals surface area contributed by atoms with Gasteiger partial charge in [-0.15, -0.1) is 5.10 Å². The number of aromatic amines is 1. The Morgan fingerprint density at radius 1 is 1.77 bits per heavy atom. The number of hydrogen-bond donors (Lipinski definition) is 2. The molecule has 1 heterocycles. The molecule has 2 N–H and O–H groups in total. The lowest BCUT2D eigenvalue weighted by atomic mass is 10.2. The van der Waals surface area contributed by atoms with E-state index in [1.54, 1.807) is 0 Å². The van der Waals surface area contributed by atoms with Crippen molar-refractivity contribution >= 4 is 11.8 Å². The van der Waals surface area contributed by atoms with Crippen LogP contribution in [0, 0.1) is 10.1 Å². The zero-order valence-electron chi connectivity index (χ0n) is 6.56. The maximum absolute atomic E-state index is 10.2. The molecule has 0 aliphatic rings. The minimum absolute atomic E-state index is 0.0813. The lowest BCUT2D eigenvalue weighted by molar-refractivity contribution is -0.389. The molecule has 1 rings (SSSR count). The van der Waals surface area contributed by atoms with E-state index in [9.17, 15) is 14.9 Å². The van der Waals surface area contributed by atoms with Gasteiger partial charge in [-0.1, -0.05) is 5.10 Å². The molecule has 0 aliphatic heterocycles. The number of nitrogens with zero attached hydrogens (tertiary/aromatic N) is 2. The van der Waals surface area contributed by atoms with Gasteiger partial charge in [0.25, 0.3) is 0 Å². The number of rotatable bonds is 4. The quantitative estimate of drug-likeness (QED) is 0.519. The van der Waals surface area contributed by atoms with Crippen LogP contribution in [0.4, 0.5) is 5.82 Å². The lowest BCUT2D eigenvalue weighted by Crippen LogP contribution is -1.97. The van der Waals surface area contributed by atoms with Crippen molar-refractivity contribution in [2.75, 3.05) is 0 Å². The molecule has 7 nitrogen and oxygen atoms in total. The van der Waals surface area contributed by atoms with E-state index in [2.05, 4.69) is 10.2 Å². The van der Waals surface area contributed by atoms with Crippen molar-refractivity contribution in [2.24, 2.45) is 0 Å². The van der Waals surface area contributed by atoms with Crippen molar-refractivity contribution in [3.8, 4) is 0 Å². The zero-order valence-corrected chi connectivity index (χ0v) is 6.56. The van der Waals surface area contributed by atoms with E-state index < -0.39 is 10.9 Å². The Hall–Kier alpha value is -1.92. The molecule has 0 saturated heterocycles. The number of nitro groups is 1. The van der Waals surface area contributed by atoms with Gasteiger partial charge >= 0.3 is 11.8 Å². The van der Waals surface area contributed by atoms with Gasteiger partial charge in [-0.2, -0.15) is 0 Å². The molecule has 0 aromatic carbocycles. The Kier molecular flexibility index (Phi) is 2.58. The highest BCUT2D eigenvalue weighted by Gasteiger charge is 2.10. The fraction of sp³-hybridized carbons (Fsp3) is 0.333. The number of hydrogen-bond acceptors (Lipinski definition) is 4. The number of carboxylic acids is 1. The van der Waals surface area contributed by atoms with Crippen LogP contribution >= 0.6 is 0 Å². The Morgan fingerprint density at radius 3 is 2.92 bits per heavy atom. The minimum atomic E-state index is -0.953.